The monoisotopic (exact) mass is 430 g/mol. The molecule has 0 aromatic heterocycles. The first-order chi connectivity index (χ1) is 14.7. The number of ether oxygens (including phenoxy) is 4. The molecule has 0 aliphatic rings. The van der Waals surface area contributed by atoms with Crippen molar-refractivity contribution in [3.63, 3.8) is 0 Å². The van der Waals surface area contributed by atoms with Gasteiger partial charge in [-0.15, -0.1) is 0 Å². The fraction of sp³-hybridized carbons (Fsp3) is 0.391. The van der Waals surface area contributed by atoms with Gasteiger partial charge in [0.15, 0.2) is 0 Å². The van der Waals surface area contributed by atoms with Crippen molar-refractivity contribution in [2.45, 2.75) is 13.8 Å². The summed E-state index contributed by atoms with van der Waals surface area (Å²) in [5.74, 6) is 1.52. The lowest BCUT2D eigenvalue weighted by molar-refractivity contribution is 0.0917. The topological polar surface area (TPSA) is 95.1 Å². The van der Waals surface area contributed by atoms with Crippen LogP contribution in [0.4, 0.5) is 0 Å². The van der Waals surface area contributed by atoms with Crippen molar-refractivity contribution in [1.29, 1.82) is 0 Å². The summed E-state index contributed by atoms with van der Waals surface area (Å²) < 4.78 is 20.9. The summed E-state index contributed by atoms with van der Waals surface area (Å²) in [5, 5.41) is 5.80. The van der Waals surface area contributed by atoms with Crippen LogP contribution in [0.25, 0.3) is 0 Å². The second kappa shape index (κ2) is 10.6. The Morgan fingerprint density at radius 1 is 0.710 bits per heavy atom. The molecule has 0 unspecified atom stereocenters. The summed E-state index contributed by atoms with van der Waals surface area (Å²) in [4.78, 5) is 25.3. The molecule has 0 aliphatic carbocycles. The Kier molecular flexibility index (Phi) is 8.13. The molecule has 0 fully saturated rings. The Bertz CT molecular complexity index is 853. The molecule has 0 heterocycles. The Balaban J connectivity index is 1.98. The van der Waals surface area contributed by atoms with Gasteiger partial charge in [-0.1, -0.05) is 13.8 Å². The highest BCUT2D eigenvalue weighted by atomic mass is 16.5. The highest BCUT2D eigenvalue weighted by Gasteiger charge is 2.23. The number of hydrogen-bond acceptors (Lipinski definition) is 6. The summed E-state index contributed by atoms with van der Waals surface area (Å²) in [6.45, 7) is 4.59. The van der Waals surface area contributed by atoms with Crippen LogP contribution in [0.1, 0.15) is 34.6 Å². The average Bonchev–Trinajstić information content (AvgIpc) is 2.80. The molecule has 0 atom stereocenters. The Morgan fingerprint density at radius 3 is 1.42 bits per heavy atom. The van der Waals surface area contributed by atoms with E-state index in [-0.39, 0.29) is 11.8 Å². The van der Waals surface area contributed by atoms with E-state index in [1.807, 2.05) is 13.8 Å². The lowest BCUT2D eigenvalue weighted by atomic mass is 9.93. The summed E-state index contributed by atoms with van der Waals surface area (Å²) in [5.41, 5.74) is 0.419. The Hall–Kier alpha value is -3.42. The predicted molar refractivity (Wildman–Crippen MR) is 118 cm³/mol. The molecule has 8 heteroatoms. The lowest BCUT2D eigenvalue weighted by Gasteiger charge is -2.26. The number of amides is 2. The van der Waals surface area contributed by atoms with Gasteiger partial charge < -0.3 is 29.6 Å². The quantitative estimate of drug-likeness (QED) is 0.602. The fourth-order valence-electron chi connectivity index (χ4n) is 2.86. The lowest BCUT2D eigenvalue weighted by Crippen LogP contribution is -2.42. The number of carbonyl (C=O) groups is 2. The number of hydrogen-bond donors (Lipinski definition) is 2. The van der Waals surface area contributed by atoms with Crippen molar-refractivity contribution >= 4 is 11.8 Å². The second-order valence-corrected chi connectivity index (χ2v) is 7.66. The highest BCUT2D eigenvalue weighted by molar-refractivity contribution is 5.98. The predicted octanol–water partition coefficient (Wildman–Crippen LogP) is 2.91. The molecule has 8 nitrogen and oxygen atoms in total. The normalized spacial score (nSPS) is 10.8. The van der Waals surface area contributed by atoms with Crippen molar-refractivity contribution in [3.05, 3.63) is 47.5 Å². The van der Waals surface area contributed by atoms with Crippen LogP contribution < -0.4 is 29.6 Å². The minimum Gasteiger partial charge on any atom is -0.497 e. The van der Waals surface area contributed by atoms with Gasteiger partial charge in [0, 0.05) is 25.2 Å². The molecule has 168 valence electrons. The van der Waals surface area contributed by atoms with E-state index in [4.69, 9.17) is 18.9 Å². The number of carbonyl (C=O) groups excluding carboxylic acids is 2. The number of rotatable bonds is 10. The molecule has 31 heavy (non-hydrogen) atoms. The standard InChI is InChI=1S/C23H30N2O6/c1-23(2,13-24-21(26)17-9-7-15(28-3)11-19(17)30-5)14-25-22(27)18-10-8-16(29-4)12-20(18)31-6/h7-12H,13-14H2,1-6H3,(H,24,26)(H,25,27). The molecular formula is C23H30N2O6. The van der Waals surface area contributed by atoms with Gasteiger partial charge >= 0.3 is 0 Å². The third-order valence-electron chi connectivity index (χ3n) is 4.76. The minimum absolute atomic E-state index is 0.268. The van der Waals surface area contributed by atoms with Crippen LogP contribution in [0, 0.1) is 5.41 Å². The molecule has 2 rings (SSSR count). The first kappa shape index (κ1) is 23.9. The molecule has 2 amide bonds. The first-order valence-corrected chi connectivity index (χ1v) is 9.75. The maximum absolute atomic E-state index is 12.6. The molecule has 0 radical (unpaired) electrons. The zero-order valence-corrected chi connectivity index (χ0v) is 18.8. The van der Waals surface area contributed by atoms with Crippen LogP contribution in [0.5, 0.6) is 23.0 Å². The molecular weight excluding hydrogens is 400 g/mol. The van der Waals surface area contributed by atoms with Crippen LogP contribution in [0.3, 0.4) is 0 Å². The molecule has 2 aromatic carbocycles. The van der Waals surface area contributed by atoms with E-state index in [2.05, 4.69) is 10.6 Å². The van der Waals surface area contributed by atoms with Crippen LogP contribution in [-0.2, 0) is 0 Å². The Morgan fingerprint density at radius 2 is 1.10 bits per heavy atom. The summed E-state index contributed by atoms with van der Waals surface area (Å²) in [6.07, 6.45) is 0. The van der Waals surface area contributed by atoms with Gasteiger partial charge in [0.25, 0.3) is 11.8 Å². The van der Waals surface area contributed by atoms with Crippen molar-refractivity contribution in [3.8, 4) is 23.0 Å². The Labute approximate surface area is 182 Å². The van der Waals surface area contributed by atoms with Crippen molar-refractivity contribution in [1.82, 2.24) is 10.6 Å². The van der Waals surface area contributed by atoms with Gasteiger partial charge in [-0.25, -0.2) is 0 Å². The van der Waals surface area contributed by atoms with Gasteiger partial charge in [-0.2, -0.15) is 0 Å². The van der Waals surface area contributed by atoms with Crippen LogP contribution in [0.15, 0.2) is 36.4 Å². The van der Waals surface area contributed by atoms with Crippen molar-refractivity contribution in [2.24, 2.45) is 5.41 Å². The van der Waals surface area contributed by atoms with E-state index in [9.17, 15) is 9.59 Å². The largest absolute Gasteiger partial charge is 0.497 e. The van der Waals surface area contributed by atoms with E-state index in [1.54, 1.807) is 50.6 Å². The van der Waals surface area contributed by atoms with Crippen LogP contribution >= 0.6 is 0 Å². The van der Waals surface area contributed by atoms with Gasteiger partial charge in [0.2, 0.25) is 0 Å². The molecule has 2 aromatic rings. The smallest absolute Gasteiger partial charge is 0.255 e. The third kappa shape index (κ3) is 6.28. The van der Waals surface area contributed by atoms with E-state index < -0.39 is 5.41 Å². The molecule has 0 bridgehead atoms. The number of benzene rings is 2. The highest BCUT2D eigenvalue weighted by Crippen LogP contribution is 2.26. The first-order valence-electron chi connectivity index (χ1n) is 9.75. The summed E-state index contributed by atoms with van der Waals surface area (Å²) >= 11 is 0. The summed E-state index contributed by atoms with van der Waals surface area (Å²) in [6, 6.07) is 10.0. The zero-order chi connectivity index (χ0) is 23.0. The van der Waals surface area contributed by atoms with Crippen molar-refractivity contribution in [2.75, 3.05) is 41.5 Å². The maximum Gasteiger partial charge on any atom is 0.255 e. The second-order valence-electron chi connectivity index (χ2n) is 7.66. The summed E-state index contributed by atoms with van der Waals surface area (Å²) in [7, 11) is 6.09. The zero-order valence-electron chi connectivity index (χ0n) is 18.8. The third-order valence-corrected chi connectivity index (χ3v) is 4.76. The van der Waals surface area contributed by atoms with E-state index >= 15 is 0 Å². The number of nitrogens with one attached hydrogen (secondary N) is 2. The number of methoxy groups -OCH3 is 4. The fourth-order valence-corrected chi connectivity index (χ4v) is 2.86. The van der Waals surface area contributed by atoms with Gasteiger partial charge in [-0.05, 0) is 29.7 Å². The van der Waals surface area contributed by atoms with Gasteiger partial charge in [0.1, 0.15) is 23.0 Å². The van der Waals surface area contributed by atoms with Gasteiger partial charge in [-0.3, -0.25) is 9.59 Å². The van der Waals surface area contributed by atoms with Crippen LogP contribution in [-0.4, -0.2) is 53.3 Å². The molecule has 0 aliphatic heterocycles. The van der Waals surface area contributed by atoms with E-state index in [1.165, 1.54) is 14.2 Å². The van der Waals surface area contributed by atoms with E-state index in [0.717, 1.165) is 0 Å². The minimum atomic E-state index is -0.398. The SMILES string of the molecule is COc1ccc(C(=O)NCC(C)(C)CNC(=O)c2ccc(OC)cc2OC)c(OC)c1. The maximum atomic E-state index is 12.6. The molecule has 0 saturated carbocycles. The average molecular weight is 431 g/mol. The van der Waals surface area contributed by atoms with Gasteiger partial charge in [0.05, 0.1) is 39.6 Å². The molecule has 2 N–H and O–H groups in total. The van der Waals surface area contributed by atoms with E-state index in [0.29, 0.717) is 47.2 Å². The van der Waals surface area contributed by atoms with Crippen molar-refractivity contribution < 1.29 is 28.5 Å². The van der Waals surface area contributed by atoms with Crippen LogP contribution in [0.2, 0.25) is 0 Å². The molecule has 0 saturated heterocycles. The molecule has 0 spiro atoms.